The van der Waals surface area contributed by atoms with Crippen molar-refractivity contribution >= 4 is 6.09 Å². The van der Waals surface area contributed by atoms with Crippen LogP contribution in [0.4, 0.5) is 4.79 Å². The Morgan fingerprint density at radius 2 is 2.17 bits per heavy atom. The summed E-state index contributed by atoms with van der Waals surface area (Å²) >= 11 is 0. The van der Waals surface area contributed by atoms with E-state index in [-0.39, 0.29) is 11.5 Å². The molecule has 1 unspecified atom stereocenters. The fourth-order valence-electron chi connectivity index (χ4n) is 3.11. The number of likely N-dealkylation sites (tertiary alicyclic amines) is 1. The third kappa shape index (κ3) is 5.27. The minimum Gasteiger partial charge on any atom is -0.444 e. The highest BCUT2D eigenvalue weighted by Gasteiger charge is 2.34. The molecule has 1 N–H and O–H groups in total. The fourth-order valence-corrected chi connectivity index (χ4v) is 3.11. The second kappa shape index (κ2) is 6.95. The van der Waals surface area contributed by atoms with Crippen LogP contribution in [0.25, 0.3) is 0 Å². The fraction of sp³-hybridized carbons (Fsp3) is 0.722. The van der Waals surface area contributed by atoms with Gasteiger partial charge in [-0.1, -0.05) is 6.92 Å². The Morgan fingerprint density at radius 3 is 2.78 bits per heavy atom. The molecule has 1 aromatic heterocycles. The van der Waals surface area contributed by atoms with Crippen LogP contribution in [0.1, 0.15) is 46.2 Å². The van der Waals surface area contributed by atoms with Gasteiger partial charge >= 0.3 is 6.09 Å². The summed E-state index contributed by atoms with van der Waals surface area (Å²) in [4.78, 5) is 14.1. The van der Waals surface area contributed by atoms with Gasteiger partial charge < -0.3 is 19.5 Å². The number of nitrogens with one attached hydrogen (secondary N) is 1. The van der Waals surface area contributed by atoms with Crippen molar-refractivity contribution < 1.29 is 9.53 Å². The Morgan fingerprint density at radius 1 is 1.43 bits per heavy atom. The van der Waals surface area contributed by atoms with E-state index in [9.17, 15) is 4.79 Å². The number of piperidine rings is 1. The molecule has 1 aliphatic rings. The zero-order valence-corrected chi connectivity index (χ0v) is 15.2. The molecule has 0 saturated carbocycles. The number of ether oxygens (including phenoxy) is 1. The SMILES string of the molecule is Cn1cccc1CNCC1(C)CCCN(C(=O)OC(C)(C)C)C1. The van der Waals surface area contributed by atoms with E-state index in [1.54, 1.807) is 0 Å². The van der Waals surface area contributed by atoms with E-state index in [1.807, 2.05) is 25.7 Å². The van der Waals surface area contributed by atoms with E-state index in [4.69, 9.17) is 4.74 Å². The first-order chi connectivity index (χ1) is 10.7. The number of hydrogen-bond acceptors (Lipinski definition) is 3. The predicted molar refractivity (Wildman–Crippen MR) is 92.3 cm³/mol. The summed E-state index contributed by atoms with van der Waals surface area (Å²) in [6, 6.07) is 4.19. The summed E-state index contributed by atoms with van der Waals surface area (Å²) in [5, 5.41) is 3.55. The van der Waals surface area contributed by atoms with Crippen molar-refractivity contribution in [3.8, 4) is 0 Å². The minimum absolute atomic E-state index is 0.0975. The molecule has 5 nitrogen and oxygen atoms in total. The maximum Gasteiger partial charge on any atom is 0.410 e. The van der Waals surface area contributed by atoms with Gasteiger partial charge in [0.2, 0.25) is 0 Å². The van der Waals surface area contributed by atoms with Gasteiger partial charge in [0.25, 0.3) is 0 Å². The van der Waals surface area contributed by atoms with Gasteiger partial charge in [0, 0.05) is 45.1 Å². The van der Waals surface area contributed by atoms with E-state index in [0.29, 0.717) is 0 Å². The largest absolute Gasteiger partial charge is 0.444 e. The average molecular weight is 321 g/mol. The highest BCUT2D eigenvalue weighted by atomic mass is 16.6. The second-order valence-electron chi connectivity index (χ2n) is 8.03. The first-order valence-electron chi connectivity index (χ1n) is 8.47. The Kier molecular flexibility index (Phi) is 5.40. The van der Waals surface area contributed by atoms with Crippen LogP contribution < -0.4 is 5.32 Å². The maximum atomic E-state index is 12.3. The number of rotatable bonds is 4. The lowest BCUT2D eigenvalue weighted by Gasteiger charge is -2.41. The molecular weight excluding hydrogens is 290 g/mol. The van der Waals surface area contributed by atoms with Crippen LogP contribution in [-0.2, 0) is 18.3 Å². The molecule has 1 saturated heterocycles. The number of carbonyl (C=O) groups excluding carboxylic acids is 1. The summed E-state index contributed by atoms with van der Waals surface area (Å²) in [6.07, 6.45) is 4.03. The molecule has 0 aromatic carbocycles. The van der Waals surface area contributed by atoms with Crippen LogP contribution in [0.15, 0.2) is 18.3 Å². The molecule has 2 heterocycles. The van der Waals surface area contributed by atoms with Gasteiger partial charge in [0.05, 0.1) is 0 Å². The van der Waals surface area contributed by atoms with E-state index >= 15 is 0 Å². The normalized spacial score (nSPS) is 22.2. The Hall–Kier alpha value is -1.49. The number of hydrogen-bond donors (Lipinski definition) is 1. The summed E-state index contributed by atoms with van der Waals surface area (Å²) in [7, 11) is 2.06. The zero-order valence-electron chi connectivity index (χ0n) is 15.2. The van der Waals surface area contributed by atoms with E-state index in [2.05, 4.69) is 42.2 Å². The topological polar surface area (TPSA) is 46.5 Å². The lowest BCUT2D eigenvalue weighted by atomic mass is 9.82. The summed E-state index contributed by atoms with van der Waals surface area (Å²) in [6.45, 7) is 11.3. The molecule has 1 aliphatic heterocycles. The molecule has 0 aliphatic carbocycles. The smallest absolute Gasteiger partial charge is 0.410 e. The molecular formula is C18H31N3O2. The molecule has 1 fully saturated rings. The van der Waals surface area contributed by atoms with Gasteiger partial charge in [0.1, 0.15) is 5.60 Å². The van der Waals surface area contributed by atoms with Crippen LogP contribution in [-0.4, -0.2) is 40.8 Å². The van der Waals surface area contributed by atoms with Gasteiger partial charge in [-0.2, -0.15) is 0 Å². The van der Waals surface area contributed by atoms with Crippen molar-refractivity contribution in [3.63, 3.8) is 0 Å². The van der Waals surface area contributed by atoms with Crippen LogP contribution in [0.2, 0.25) is 0 Å². The molecule has 1 atom stereocenters. The number of amides is 1. The van der Waals surface area contributed by atoms with Crippen molar-refractivity contribution in [2.75, 3.05) is 19.6 Å². The second-order valence-corrected chi connectivity index (χ2v) is 8.03. The summed E-state index contributed by atoms with van der Waals surface area (Å²) in [5.74, 6) is 0. The molecule has 0 spiro atoms. The van der Waals surface area contributed by atoms with Gasteiger partial charge in [0.15, 0.2) is 0 Å². The lowest BCUT2D eigenvalue weighted by Crippen LogP contribution is -2.50. The molecule has 0 radical (unpaired) electrons. The van der Waals surface area contributed by atoms with Crippen molar-refractivity contribution in [1.29, 1.82) is 0 Å². The Balaban J connectivity index is 1.86. The quantitative estimate of drug-likeness (QED) is 0.926. The average Bonchev–Trinajstić information content (AvgIpc) is 2.82. The molecule has 2 rings (SSSR count). The molecule has 130 valence electrons. The van der Waals surface area contributed by atoms with Crippen molar-refractivity contribution in [2.45, 2.75) is 52.7 Å². The van der Waals surface area contributed by atoms with Crippen LogP contribution in [0.5, 0.6) is 0 Å². The molecule has 5 heteroatoms. The molecule has 1 aromatic rings. The summed E-state index contributed by atoms with van der Waals surface area (Å²) < 4.78 is 7.64. The van der Waals surface area contributed by atoms with Crippen LogP contribution in [0, 0.1) is 5.41 Å². The third-order valence-electron chi connectivity index (χ3n) is 4.34. The van der Waals surface area contributed by atoms with Crippen molar-refractivity contribution in [2.24, 2.45) is 12.5 Å². The van der Waals surface area contributed by atoms with Crippen molar-refractivity contribution in [3.05, 3.63) is 24.0 Å². The van der Waals surface area contributed by atoms with Gasteiger partial charge in [-0.3, -0.25) is 0 Å². The molecule has 1 amide bonds. The zero-order chi connectivity index (χ0) is 17.1. The van der Waals surface area contributed by atoms with E-state index in [1.165, 1.54) is 5.69 Å². The maximum absolute atomic E-state index is 12.3. The van der Waals surface area contributed by atoms with Gasteiger partial charge in [-0.15, -0.1) is 0 Å². The van der Waals surface area contributed by atoms with Gasteiger partial charge in [-0.25, -0.2) is 4.79 Å². The Bertz CT molecular complexity index is 533. The first-order valence-corrected chi connectivity index (χ1v) is 8.47. The van der Waals surface area contributed by atoms with Crippen LogP contribution >= 0.6 is 0 Å². The molecule has 23 heavy (non-hydrogen) atoms. The van der Waals surface area contributed by atoms with Gasteiger partial charge in [-0.05, 0) is 51.2 Å². The van der Waals surface area contributed by atoms with Crippen molar-refractivity contribution in [1.82, 2.24) is 14.8 Å². The first kappa shape index (κ1) is 17.9. The summed E-state index contributed by atoms with van der Waals surface area (Å²) in [5.41, 5.74) is 0.934. The van der Waals surface area contributed by atoms with E-state index in [0.717, 1.165) is 39.0 Å². The minimum atomic E-state index is -0.435. The Labute approximate surface area is 140 Å². The third-order valence-corrected chi connectivity index (χ3v) is 4.34. The lowest BCUT2D eigenvalue weighted by molar-refractivity contribution is 0.00674. The van der Waals surface area contributed by atoms with E-state index < -0.39 is 5.60 Å². The predicted octanol–water partition coefficient (Wildman–Crippen LogP) is 3.15. The van der Waals surface area contributed by atoms with Crippen LogP contribution in [0.3, 0.4) is 0 Å². The number of carbonyl (C=O) groups is 1. The molecule has 0 bridgehead atoms. The highest BCUT2D eigenvalue weighted by molar-refractivity contribution is 5.68. The number of nitrogens with zero attached hydrogens (tertiary/aromatic N) is 2. The standard InChI is InChI=1S/C18H31N3O2/c1-17(2,3)23-16(22)21-11-7-9-18(4,14-21)13-19-12-15-8-6-10-20(15)5/h6,8,10,19H,7,9,11-14H2,1-5H3. The number of aromatic nitrogens is 1. The number of aryl methyl sites for hydroxylation is 1. The monoisotopic (exact) mass is 321 g/mol. The highest BCUT2D eigenvalue weighted by Crippen LogP contribution is 2.29.